The fraction of sp³-hybridized carbons (Fsp3) is 0.238. The second-order valence-corrected chi connectivity index (χ2v) is 6.83. The molecule has 0 radical (unpaired) electrons. The molecule has 0 saturated heterocycles. The first kappa shape index (κ1) is 15.6. The number of carbonyl (C=O) groups is 1. The lowest BCUT2D eigenvalue weighted by atomic mass is 9.97. The Balaban J connectivity index is 2.02. The van der Waals surface area contributed by atoms with Gasteiger partial charge in [0.15, 0.2) is 0 Å². The highest BCUT2D eigenvalue weighted by Crippen LogP contribution is 2.37. The van der Waals surface area contributed by atoms with E-state index in [-0.39, 0.29) is 11.9 Å². The van der Waals surface area contributed by atoms with Crippen molar-refractivity contribution in [2.75, 3.05) is 0 Å². The van der Waals surface area contributed by atoms with E-state index in [1.54, 1.807) is 0 Å². The standard InChI is InChI=1S/C21H20N2O2/c1-11(2)21(24)25-14-5-6-18-16(9-14)19-12(3)17-10-22-8-7-15(17)13(4)20(19)23-18/h5-11,23H,1-4H3. The maximum absolute atomic E-state index is 11.9. The van der Waals surface area contributed by atoms with Gasteiger partial charge in [0, 0.05) is 34.1 Å². The fourth-order valence-electron chi connectivity index (χ4n) is 3.43. The quantitative estimate of drug-likeness (QED) is 0.413. The minimum Gasteiger partial charge on any atom is -0.426 e. The molecule has 0 bridgehead atoms. The zero-order valence-corrected chi connectivity index (χ0v) is 14.8. The van der Waals surface area contributed by atoms with Crippen molar-refractivity contribution in [3.63, 3.8) is 0 Å². The molecule has 0 aliphatic heterocycles. The Hall–Kier alpha value is -2.88. The van der Waals surface area contributed by atoms with Crippen LogP contribution < -0.4 is 4.74 Å². The number of nitrogens with one attached hydrogen (secondary N) is 1. The lowest BCUT2D eigenvalue weighted by Crippen LogP contribution is -2.14. The molecule has 0 amide bonds. The van der Waals surface area contributed by atoms with Crippen molar-refractivity contribution in [2.45, 2.75) is 27.7 Å². The molecule has 4 rings (SSSR count). The summed E-state index contributed by atoms with van der Waals surface area (Å²) >= 11 is 0. The smallest absolute Gasteiger partial charge is 0.313 e. The number of nitrogens with zero attached hydrogens (tertiary/aromatic N) is 1. The van der Waals surface area contributed by atoms with E-state index in [0.717, 1.165) is 27.2 Å². The van der Waals surface area contributed by atoms with Crippen molar-refractivity contribution in [1.82, 2.24) is 9.97 Å². The van der Waals surface area contributed by atoms with Gasteiger partial charge in [-0.05, 0) is 54.6 Å². The number of hydrogen-bond acceptors (Lipinski definition) is 3. The number of aryl methyl sites for hydroxylation is 2. The van der Waals surface area contributed by atoms with Gasteiger partial charge in [-0.1, -0.05) is 13.8 Å². The summed E-state index contributed by atoms with van der Waals surface area (Å²) in [4.78, 5) is 19.7. The predicted molar refractivity (Wildman–Crippen MR) is 101 cm³/mol. The lowest BCUT2D eigenvalue weighted by molar-refractivity contribution is -0.137. The summed E-state index contributed by atoms with van der Waals surface area (Å²) in [5.41, 5.74) is 4.55. The van der Waals surface area contributed by atoms with Gasteiger partial charge in [-0.25, -0.2) is 0 Å². The van der Waals surface area contributed by atoms with Crippen LogP contribution in [0.25, 0.3) is 32.6 Å². The van der Waals surface area contributed by atoms with Gasteiger partial charge in [-0.3, -0.25) is 9.78 Å². The van der Waals surface area contributed by atoms with Crippen molar-refractivity contribution < 1.29 is 9.53 Å². The number of esters is 1. The highest BCUT2D eigenvalue weighted by molar-refractivity contribution is 6.16. The third kappa shape index (κ3) is 2.37. The first-order valence-electron chi connectivity index (χ1n) is 8.47. The van der Waals surface area contributed by atoms with E-state index >= 15 is 0 Å². The van der Waals surface area contributed by atoms with Crippen LogP contribution in [0.1, 0.15) is 25.0 Å². The Labute approximate surface area is 145 Å². The normalized spacial score (nSPS) is 11.7. The largest absolute Gasteiger partial charge is 0.426 e. The molecule has 0 spiro atoms. The third-order valence-electron chi connectivity index (χ3n) is 4.84. The van der Waals surface area contributed by atoms with Crippen molar-refractivity contribution >= 4 is 38.5 Å². The first-order valence-corrected chi connectivity index (χ1v) is 8.47. The summed E-state index contributed by atoms with van der Waals surface area (Å²) in [6.45, 7) is 7.91. The van der Waals surface area contributed by atoms with E-state index in [1.165, 1.54) is 16.5 Å². The van der Waals surface area contributed by atoms with Gasteiger partial charge in [-0.2, -0.15) is 0 Å². The van der Waals surface area contributed by atoms with Gasteiger partial charge in [0.1, 0.15) is 5.75 Å². The Morgan fingerprint density at radius 1 is 1.08 bits per heavy atom. The Morgan fingerprint density at radius 2 is 1.88 bits per heavy atom. The first-order chi connectivity index (χ1) is 12.0. The molecule has 1 N–H and O–H groups in total. The number of hydrogen-bond donors (Lipinski definition) is 1. The maximum atomic E-state index is 11.9. The summed E-state index contributed by atoms with van der Waals surface area (Å²) < 4.78 is 5.49. The number of carbonyl (C=O) groups excluding carboxylic acids is 1. The summed E-state index contributed by atoms with van der Waals surface area (Å²) in [6, 6.07) is 7.81. The molecule has 0 atom stereocenters. The van der Waals surface area contributed by atoms with Crippen molar-refractivity contribution in [3.8, 4) is 5.75 Å². The molecule has 0 aliphatic rings. The monoisotopic (exact) mass is 332 g/mol. The number of ether oxygens (including phenoxy) is 1. The Morgan fingerprint density at radius 3 is 2.64 bits per heavy atom. The fourth-order valence-corrected chi connectivity index (χ4v) is 3.43. The predicted octanol–water partition coefficient (Wildman–Crippen LogP) is 5.05. The van der Waals surface area contributed by atoms with E-state index < -0.39 is 0 Å². The number of benzene rings is 2. The number of H-pyrrole nitrogens is 1. The molecular formula is C21H20N2O2. The Kier molecular flexibility index (Phi) is 3.49. The summed E-state index contributed by atoms with van der Waals surface area (Å²) in [5.74, 6) is 0.204. The molecule has 4 nitrogen and oxygen atoms in total. The number of aromatic nitrogens is 2. The maximum Gasteiger partial charge on any atom is 0.313 e. The highest BCUT2D eigenvalue weighted by Gasteiger charge is 2.16. The van der Waals surface area contributed by atoms with E-state index in [1.807, 2.05) is 44.4 Å². The van der Waals surface area contributed by atoms with Crippen LogP contribution in [0, 0.1) is 19.8 Å². The highest BCUT2D eigenvalue weighted by atomic mass is 16.5. The van der Waals surface area contributed by atoms with Crippen LogP contribution in [0.5, 0.6) is 5.75 Å². The van der Waals surface area contributed by atoms with Crippen molar-refractivity contribution in [2.24, 2.45) is 5.92 Å². The molecule has 0 fully saturated rings. The number of rotatable bonds is 2. The zero-order chi connectivity index (χ0) is 17.7. The second-order valence-electron chi connectivity index (χ2n) is 6.83. The molecule has 2 heterocycles. The molecule has 2 aromatic heterocycles. The van der Waals surface area contributed by atoms with Gasteiger partial charge in [0.05, 0.1) is 11.4 Å². The molecule has 0 saturated carbocycles. The third-order valence-corrected chi connectivity index (χ3v) is 4.84. The molecule has 25 heavy (non-hydrogen) atoms. The van der Waals surface area contributed by atoms with Crippen LogP contribution in [-0.4, -0.2) is 15.9 Å². The van der Waals surface area contributed by atoms with Crippen LogP contribution in [0.2, 0.25) is 0 Å². The SMILES string of the molecule is Cc1c2ccncc2c(C)c2c1[nH]c1ccc(OC(=O)C(C)C)cc12. The molecule has 0 aliphatic carbocycles. The van der Waals surface area contributed by atoms with E-state index in [9.17, 15) is 4.79 Å². The van der Waals surface area contributed by atoms with Gasteiger partial charge in [-0.15, -0.1) is 0 Å². The molecule has 4 aromatic rings. The van der Waals surface area contributed by atoms with Gasteiger partial charge < -0.3 is 9.72 Å². The van der Waals surface area contributed by atoms with Gasteiger partial charge in [0.25, 0.3) is 0 Å². The minimum absolute atomic E-state index is 0.155. The van der Waals surface area contributed by atoms with Crippen LogP contribution >= 0.6 is 0 Å². The lowest BCUT2D eigenvalue weighted by Gasteiger charge is -2.09. The minimum atomic E-state index is -0.221. The number of pyridine rings is 1. The van der Waals surface area contributed by atoms with E-state index in [4.69, 9.17) is 4.74 Å². The summed E-state index contributed by atoms with van der Waals surface area (Å²) in [5, 5.41) is 4.59. The average molecular weight is 332 g/mol. The molecule has 0 unspecified atom stereocenters. The Bertz CT molecular complexity index is 1140. The zero-order valence-electron chi connectivity index (χ0n) is 14.8. The van der Waals surface area contributed by atoms with Crippen molar-refractivity contribution in [1.29, 1.82) is 0 Å². The molecule has 4 heteroatoms. The topological polar surface area (TPSA) is 55.0 Å². The summed E-state index contributed by atoms with van der Waals surface area (Å²) in [7, 11) is 0. The number of aromatic amines is 1. The van der Waals surface area contributed by atoms with Crippen LogP contribution in [-0.2, 0) is 4.79 Å². The molecule has 126 valence electrons. The van der Waals surface area contributed by atoms with Crippen LogP contribution in [0.3, 0.4) is 0 Å². The molecule has 2 aromatic carbocycles. The van der Waals surface area contributed by atoms with E-state index in [0.29, 0.717) is 5.75 Å². The van der Waals surface area contributed by atoms with Gasteiger partial charge in [0.2, 0.25) is 0 Å². The summed E-state index contributed by atoms with van der Waals surface area (Å²) in [6.07, 6.45) is 3.74. The van der Waals surface area contributed by atoms with Crippen LogP contribution in [0.15, 0.2) is 36.7 Å². The van der Waals surface area contributed by atoms with E-state index in [2.05, 4.69) is 29.9 Å². The van der Waals surface area contributed by atoms with Crippen molar-refractivity contribution in [3.05, 3.63) is 47.8 Å². The molecular weight excluding hydrogens is 312 g/mol. The average Bonchev–Trinajstić information content (AvgIpc) is 2.99. The number of fused-ring (bicyclic) bond motifs is 4. The van der Waals surface area contributed by atoms with Gasteiger partial charge >= 0.3 is 5.97 Å². The second kappa shape index (κ2) is 5.59. The van der Waals surface area contributed by atoms with Crippen LogP contribution in [0.4, 0.5) is 0 Å².